The fraction of sp³-hybridized carbons (Fsp3) is 0.267. The van der Waals surface area contributed by atoms with Crippen LogP contribution in [-0.4, -0.2) is 25.0 Å². The number of carbonyl (C=O) groups is 1. The number of amides is 1. The number of rotatable bonds is 5. The van der Waals surface area contributed by atoms with Gasteiger partial charge in [-0.1, -0.05) is 18.2 Å². The molecular formula is C15H16FNO3. The van der Waals surface area contributed by atoms with Crippen molar-refractivity contribution in [1.29, 1.82) is 0 Å². The van der Waals surface area contributed by atoms with Crippen LogP contribution in [0.4, 0.5) is 4.39 Å². The van der Waals surface area contributed by atoms with E-state index in [9.17, 15) is 9.18 Å². The van der Waals surface area contributed by atoms with Gasteiger partial charge in [-0.2, -0.15) is 0 Å². The molecule has 1 amide bonds. The highest BCUT2D eigenvalue weighted by Gasteiger charge is 2.17. The molecule has 0 unspecified atom stereocenters. The molecule has 4 nitrogen and oxygen atoms in total. The molecule has 2 aromatic rings. The molecule has 0 atom stereocenters. The number of nitrogens with zero attached hydrogens (tertiary/aromatic N) is 1. The second-order valence-electron chi connectivity index (χ2n) is 4.45. The van der Waals surface area contributed by atoms with Gasteiger partial charge < -0.3 is 14.1 Å². The van der Waals surface area contributed by atoms with Gasteiger partial charge in [-0.05, 0) is 18.2 Å². The minimum atomic E-state index is -0.327. The molecule has 0 bridgehead atoms. The van der Waals surface area contributed by atoms with Gasteiger partial charge >= 0.3 is 0 Å². The molecule has 5 heteroatoms. The van der Waals surface area contributed by atoms with Crippen LogP contribution >= 0.6 is 0 Å². The summed E-state index contributed by atoms with van der Waals surface area (Å²) in [7, 11) is 3.15. The van der Waals surface area contributed by atoms with Crippen molar-refractivity contribution in [2.24, 2.45) is 0 Å². The van der Waals surface area contributed by atoms with Crippen molar-refractivity contribution in [3.63, 3.8) is 0 Å². The predicted molar refractivity (Wildman–Crippen MR) is 71.6 cm³/mol. The lowest BCUT2D eigenvalue weighted by atomic mass is 10.2. The summed E-state index contributed by atoms with van der Waals surface area (Å²) < 4.78 is 23.8. The largest absolute Gasteiger partial charge is 0.453 e. The van der Waals surface area contributed by atoms with E-state index < -0.39 is 0 Å². The maximum Gasteiger partial charge on any atom is 0.289 e. The van der Waals surface area contributed by atoms with Crippen LogP contribution in [0, 0.1) is 5.82 Å². The van der Waals surface area contributed by atoms with Crippen LogP contribution in [0.1, 0.15) is 21.9 Å². The number of methoxy groups -OCH3 is 1. The van der Waals surface area contributed by atoms with E-state index in [0.29, 0.717) is 17.9 Å². The summed E-state index contributed by atoms with van der Waals surface area (Å²) in [5.74, 6) is 0.174. The Bertz CT molecular complexity index is 594. The van der Waals surface area contributed by atoms with Gasteiger partial charge in [-0.3, -0.25) is 4.79 Å². The molecule has 20 heavy (non-hydrogen) atoms. The summed E-state index contributed by atoms with van der Waals surface area (Å²) in [4.78, 5) is 13.6. The molecule has 1 aromatic heterocycles. The SMILES string of the molecule is COCc1ccc(C(=O)N(C)Cc2ccccc2F)o1. The second kappa shape index (κ2) is 6.34. The molecule has 2 rings (SSSR count). The number of benzene rings is 1. The standard InChI is InChI=1S/C15H16FNO3/c1-17(9-11-5-3-4-6-13(11)16)15(18)14-8-7-12(20-14)10-19-2/h3-8H,9-10H2,1-2H3. The molecule has 0 saturated heterocycles. The first-order chi connectivity index (χ1) is 9.61. The molecule has 0 saturated carbocycles. The van der Waals surface area contributed by atoms with Crippen molar-refractivity contribution < 1.29 is 18.3 Å². The van der Waals surface area contributed by atoms with Crippen LogP contribution in [0.25, 0.3) is 0 Å². The van der Waals surface area contributed by atoms with E-state index in [1.807, 2.05) is 0 Å². The Morgan fingerprint density at radius 2 is 2.05 bits per heavy atom. The number of hydrogen-bond acceptors (Lipinski definition) is 3. The first-order valence-corrected chi connectivity index (χ1v) is 6.18. The maximum atomic E-state index is 13.5. The van der Waals surface area contributed by atoms with Crippen LogP contribution in [-0.2, 0) is 17.9 Å². The van der Waals surface area contributed by atoms with Crippen molar-refractivity contribution in [2.75, 3.05) is 14.2 Å². The van der Waals surface area contributed by atoms with Crippen molar-refractivity contribution in [3.8, 4) is 0 Å². The van der Waals surface area contributed by atoms with E-state index in [0.717, 1.165) is 0 Å². The highest BCUT2D eigenvalue weighted by Crippen LogP contribution is 2.14. The zero-order valence-corrected chi connectivity index (χ0v) is 11.4. The lowest BCUT2D eigenvalue weighted by Gasteiger charge is -2.16. The van der Waals surface area contributed by atoms with Gasteiger partial charge in [-0.15, -0.1) is 0 Å². The Morgan fingerprint density at radius 1 is 1.30 bits per heavy atom. The fourth-order valence-corrected chi connectivity index (χ4v) is 1.85. The van der Waals surface area contributed by atoms with Crippen LogP contribution in [0.3, 0.4) is 0 Å². The van der Waals surface area contributed by atoms with Crippen molar-refractivity contribution in [1.82, 2.24) is 4.90 Å². The van der Waals surface area contributed by atoms with Crippen molar-refractivity contribution >= 4 is 5.91 Å². The van der Waals surface area contributed by atoms with E-state index in [-0.39, 0.29) is 24.0 Å². The maximum absolute atomic E-state index is 13.5. The average Bonchev–Trinajstić information content (AvgIpc) is 2.89. The summed E-state index contributed by atoms with van der Waals surface area (Å²) in [5.41, 5.74) is 0.465. The summed E-state index contributed by atoms with van der Waals surface area (Å²) in [5, 5.41) is 0. The van der Waals surface area contributed by atoms with Gasteiger partial charge in [-0.25, -0.2) is 4.39 Å². The topological polar surface area (TPSA) is 42.7 Å². The van der Waals surface area contributed by atoms with Crippen LogP contribution in [0.5, 0.6) is 0 Å². The summed E-state index contributed by atoms with van der Waals surface area (Å²) in [6, 6.07) is 9.65. The Kier molecular flexibility index (Phi) is 4.53. The minimum absolute atomic E-state index is 0.186. The third-order valence-electron chi connectivity index (χ3n) is 2.87. The smallest absolute Gasteiger partial charge is 0.289 e. The van der Waals surface area contributed by atoms with E-state index in [1.165, 1.54) is 11.0 Å². The lowest BCUT2D eigenvalue weighted by Crippen LogP contribution is -2.26. The Morgan fingerprint density at radius 3 is 2.75 bits per heavy atom. The Labute approximate surface area is 116 Å². The predicted octanol–water partition coefficient (Wildman–Crippen LogP) is 2.84. The average molecular weight is 277 g/mol. The number of halogens is 1. The molecule has 0 fully saturated rings. The molecule has 1 aromatic carbocycles. The molecule has 1 heterocycles. The van der Waals surface area contributed by atoms with Crippen LogP contribution in [0.15, 0.2) is 40.8 Å². The Hall–Kier alpha value is -2.14. The van der Waals surface area contributed by atoms with Gasteiger partial charge in [0.1, 0.15) is 18.2 Å². The van der Waals surface area contributed by atoms with Gasteiger partial charge in [0.2, 0.25) is 0 Å². The normalized spacial score (nSPS) is 10.6. The number of ether oxygens (including phenoxy) is 1. The summed E-state index contributed by atoms with van der Waals surface area (Å²) in [6.45, 7) is 0.496. The molecule has 0 aliphatic rings. The van der Waals surface area contributed by atoms with E-state index in [1.54, 1.807) is 44.5 Å². The van der Waals surface area contributed by atoms with Crippen molar-refractivity contribution in [3.05, 3.63) is 59.3 Å². The van der Waals surface area contributed by atoms with Crippen LogP contribution < -0.4 is 0 Å². The van der Waals surface area contributed by atoms with Gasteiger partial charge in [0.25, 0.3) is 5.91 Å². The first-order valence-electron chi connectivity index (χ1n) is 6.18. The summed E-state index contributed by atoms with van der Waals surface area (Å²) in [6.07, 6.45) is 0. The molecule has 106 valence electrons. The highest BCUT2D eigenvalue weighted by atomic mass is 19.1. The van der Waals surface area contributed by atoms with E-state index in [2.05, 4.69) is 0 Å². The van der Waals surface area contributed by atoms with Crippen molar-refractivity contribution in [2.45, 2.75) is 13.2 Å². The highest BCUT2D eigenvalue weighted by molar-refractivity contribution is 5.91. The first kappa shape index (κ1) is 14.3. The second-order valence-corrected chi connectivity index (χ2v) is 4.45. The minimum Gasteiger partial charge on any atom is -0.453 e. The number of hydrogen-bond donors (Lipinski definition) is 0. The molecule has 0 aliphatic heterocycles. The van der Waals surface area contributed by atoms with Crippen LogP contribution in [0.2, 0.25) is 0 Å². The van der Waals surface area contributed by atoms with Gasteiger partial charge in [0.05, 0.1) is 0 Å². The molecule has 0 radical (unpaired) electrons. The lowest BCUT2D eigenvalue weighted by molar-refractivity contribution is 0.0744. The van der Waals surface area contributed by atoms with Gasteiger partial charge in [0.15, 0.2) is 5.76 Å². The Balaban J connectivity index is 2.06. The molecule has 0 aliphatic carbocycles. The molecule has 0 N–H and O–H groups in total. The van der Waals surface area contributed by atoms with E-state index in [4.69, 9.17) is 9.15 Å². The zero-order chi connectivity index (χ0) is 14.5. The summed E-state index contributed by atoms with van der Waals surface area (Å²) >= 11 is 0. The number of carbonyl (C=O) groups excluding carboxylic acids is 1. The monoisotopic (exact) mass is 277 g/mol. The fourth-order valence-electron chi connectivity index (χ4n) is 1.85. The quantitative estimate of drug-likeness (QED) is 0.844. The number of furan rings is 1. The third-order valence-corrected chi connectivity index (χ3v) is 2.87. The zero-order valence-electron chi connectivity index (χ0n) is 11.4. The third kappa shape index (κ3) is 3.24. The molecule has 0 spiro atoms. The van der Waals surface area contributed by atoms with E-state index >= 15 is 0 Å². The van der Waals surface area contributed by atoms with Gasteiger partial charge in [0, 0.05) is 26.3 Å². The molecular weight excluding hydrogens is 261 g/mol.